The summed E-state index contributed by atoms with van der Waals surface area (Å²) < 4.78 is 12.0. The average Bonchev–Trinajstić information content (AvgIpc) is 3.08. The fraction of sp³-hybridized carbons (Fsp3) is 0.680. The summed E-state index contributed by atoms with van der Waals surface area (Å²) in [6.07, 6.45) is 21.7. The molecule has 1 heterocycles. The highest BCUT2D eigenvalue weighted by Gasteiger charge is 2.27. The molecule has 1 N–H and O–H groups in total. The van der Waals surface area contributed by atoms with Gasteiger partial charge in [-0.25, -0.2) is 0 Å². The van der Waals surface area contributed by atoms with E-state index in [-0.39, 0.29) is 36.4 Å². The maximum Gasteiger partial charge on any atom is 0.303 e. The lowest BCUT2D eigenvalue weighted by molar-refractivity contribution is -0.179. The second-order valence-electron chi connectivity index (χ2n) is 8.30. The van der Waals surface area contributed by atoms with Gasteiger partial charge in [0, 0.05) is 18.9 Å². The lowest BCUT2D eigenvalue weighted by atomic mass is 9.90. The first kappa shape index (κ1) is 24.5. The van der Waals surface area contributed by atoms with Gasteiger partial charge in [0.05, 0.1) is 6.10 Å². The molecule has 5 heteroatoms. The molecule has 0 aromatic carbocycles. The highest BCUT2D eigenvalue weighted by atomic mass is 16.7. The van der Waals surface area contributed by atoms with Crippen LogP contribution in [0.5, 0.6) is 0 Å². The molecular weight excluding hydrogens is 380 g/mol. The van der Waals surface area contributed by atoms with Crippen molar-refractivity contribution in [3.05, 3.63) is 36.5 Å². The van der Waals surface area contributed by atoms with Crippen molar-refractivity contribution < 1.29 is 24.2 Å². The molecule has 1 saturated heterocycles. The summed E-state index contributed by atoms with van der Waals surface area (Å²) in [5.41, 5.74) is 0. The van der Waals surface area contributed by atoms with Gasteiger partial charge in [0.2, 0.25) is 0 Å². The molecule has 2 rings (SSSR count). The van der Waals surface area contributed by atoms with Crippen LogP contribution >= 0.6 is 0 Å². The minimum Gasteiger partial charge on any atom is -0.481 e. The summed E-state index contributed by atoms with van der Waals surface area (Å²) in [4.78, 5) is 22.9. The number of hydrogen-bond donors (Lipinski definition) is 1. The molecule has 2 aliphatic rings. The zero-order chi connectivity index (χ0) is 21.6. The Morgan fingerprint density at radius 3 is 2.90 bits per heavy atom. The van der Waals surface area contributed by atoms with E-state index in [0.29, 0.717) is 6.42 Å². The molecule has 0 saturated carbocycles. The van der Waals surface area contributed by atoms with Crippen molar-refractivity contribution in [2.45, 2.75) is 89.9 Å². The number of carbonyl (C=O) groups excluding carboxylic acids is 1. The van der Waals surface area contributed by atoms with Crippen LogP contribution in [0.25, 0.3) is 0 Å². The second kappa shape index (κ2) is 14.3. The lowest BCUT2D eigenvalue weighted by Gasteiger charge is -2.27. The van der Waals surface area contributed by atoms with E-state index in [4.69, 9.17) is 14.6 Å². The van der Waals surface area contributed by atoms with Crippen molar-refractivity contribution in [3.63, 3.8) is 0 Å². The lowest BCUT2D eigenvalue weighted by Crippen LogP contribution is -2.27. The van der Waals surface area contributed by atoms with Gasteiger partial charge >= 0.3 is 5.97 Å². The Morgan fingerprint density at radius 1 is 1.30 bits per heavy atom. The number of rotatable bonds is 14. The highest BCUT2D eigenvalue weighted by molar-refractivity contribution is 5.95. The summed E-state index contributed by atoms with van der Waals surface area (Å²) in [6, 6.07) is 0. The first-order chi connectivity index (χ1) is 14.6. The first-order valence-electron chi connectivity index (χ1n) is 11.6. The molecule has 1 unspecified atom stereocenters. The number of ether oxygens (including phenoxy) is 2. The minimum absolute atomic E-state index is 0.0136. The van der Waals surface area contributed by atoms with E-state index in [1.165, 1.54) is 12.8 Å². The van der Waals surface area contributed by atoms with E-state index in [1.54, 1.807) is 6.08 Å². The number of carboxylic acids is 1. The number of aliphatic carboxylic acids is 1. The fourth-order valence-corrected chi connectivity index (χ4v) is 3.93. The minimum atomic E-state index is -0.757. The summed E-state index contributed by atoms with van der Waals surface area (Å²) >= 11 is 0. The van der Waals surface area contributed by atoms with Gasteiger partial charge in [-0.15, -0.1) is 0 Å². The molecule has 168 valence electrons. The van der Waals surface area contributed by atoms with Crippen molar-refractivity contribution >= 4 is 11.8 Å². The number of hydrogen-bond acceptors (Lipinski definition) is 4. The van der Waals surface area contributed by atoms with E-state index in [2.05, 4.69) is 19.1 Å². The fourth-order valence-electron chi connectivity index (χ4n) is 3.93. The monoisotopic (exact) mass is 418 g/mol. The second-order valence-corrected chi connectivity index (χ2v) is 8.30. The van der Waals surface area contributed by atoms with Crippen LogP contribution in [0.4, 0.5) is 0 Å². The Hall–Kier alpha value is -1.72. The van der Waals surface area contributed by atoms with Crippen LogP contribution in [0.3, 0.4) is 0 Å². The van der Waals surface area contributed by atoms with Crippen LogP contribution in [0.2, 0.25) is 0 Å². The molecule has 0 radical (unpaired) electrons. The van der Waals surface area contributed by atoms with E-state index in [9.17, 15) is 9.59 Å². The van der Waals surface area contributed by atoms with Gasteiger partial charge in [-0.05, 0) is 56.9 Å². The van der Waals surface area contributed by atoms with Gasteiger partial charge in [0.1, 0.15) is 0 Å². The normalized spacial score (nSPS) is 25.5. The van der Waals surface area contributed by atoms with Crippen LogP contribution in [0.1, 0.15) is 77.6 Å². The highest BCUT2D eigenvalue weighted by Crippen LogP contribution is 2.28. The summed E-state index contributed by atoms with van der Waals surface area (Å²) in [6.45, 7) is 2.96. The van der Waals surface area contributed by atoms with Crippen LogP contribution in [-0.4, -0.2) is 35.9 Å². The zero-order valence-electron chi connectivity index (χ0n) is 18.3. The summed E-state index contributed by atoms with van der Waals surface area (Å²) in [7, 11) is 0. The van der Waals surface area contributed by atoms with Crippen LogP contribution in [0, 0.1) is 11.8 Å². The van der Waals surface area contributed by atoms with Crippen molar-refractivity contribution in [3.8, 4) is 0 Å². The molecule has 0 aromatic heterocycles. The molecule has 0 bridgehead atoms. The predicted octanol–water partition coefficient (Wildman–Crippen LogP) is 5.61. The van der Waals surface area contributed by atoms with Gasteiger partial charge in [-0.3, -0.25) is 9.59 Å². The molecule has 4 atom stereocenters. The SMILES string of the molecule is CCCCC[C@@H](C=C[C@H]1C(=O)C=C[C@@H]1CC=CCCCC(=O)O)OC1CCCCO1. The molecule has 30 heavy (non-hydrogen) atoms. The van der Waals surface area contributed by atoms with Crippen LogP contribution < -0.4 is 0 Å². The number of carbonyl (C=O) groups is 2. The third-order valence-electron chi connectivity index (χ3n) is 5.72. The topological polar surface area (TPSA) is 72.8 Å². The largest absolute Gasteiger partial charge is 0.481 e. The van der Waals surface area contributed by atoms with E-state index >= 15 is 0 Å². The standard InChI is InChI=1S/C25H38O5/c1-2-3-6-12-21(30-25-14-9-10-19-29-25)16-17-22-20(15-18-23(22)26)11-7-4-5-8-13-24(27)28/h4,7,15-18,20-22,25H,2-3,5-6,8-14,19H2,1H3,(H,27,28)/t20-,21-,22+,25?/m0/s1. The Balaban J connectivity index is 1.87. The Kier molecular flexibility index (Phi) is 11.7. The quantitative estimate of drug-likeness (QED) is 0.293. The summed E-state index contributed by atoms with van der Waals surface area (Å²) in [5, 5.41) is 8.69. The van der Waals surface area contributed by atoms with E-state index in [1.807, 2.05) is 18.2 Å². The molecule has 1 fully saturated rings. The van der Waals surface area contributed by atoms with Crippen LogP contribution in [-0.2, 0) is 19.1 Å². The van der Waals surface area contributed by atoms with Crippen molar-refractivity contribution in [2.75, 3.05) is 6.61 Å². The first-order valence-corrected chi connectivity index (χ1v) is 11.6. The summed E-state index contributed by atoms with van der Waals surface area (Å²) in [5.74, 6) is -0.589. The molecule has 1 aliphatic carbocycles. The van der Waals surface area contributed by atoms with Gasteiger partial charge in [0.25, 0.3) is 0 Å². The van der Waals surface area contributed by atoms with Gasteiger partial charge < -0.3 is 14.6 Å². The third-order valence-corrected chi connectivity index (χ3v) is 5.72. The molecule has 0 spiro atoms. The molecule has 5 nitrogen and oxygen atoms in total. The van der Waals surface area contributed by atoms with E-state index < -0.39 is 5.97 Å². The Bertz CT molecular complexity index is 601. The number of allylic oxidation sites excluding steroid dienone is 5. The Morgan fingerprint density at radius 2 is 2.17 bits per heavy atom. The number of carboxylic acid groups (broad SMARTS) is 1. The zero-order valence-corrected chi connectivity index (χ0v) is 18.3. The smallest absolute Gasteiger partial charge is 0.303 e. The maximum atomic E-state index is 12.4. The van der Waals surface area contributed by atoms with Crippen molar-refractivity contribution in [1.29, 1.82) is 0 Å². The average molecular weight is 419 g/mol. The third kappa shape index (κ3) is 9.40. The molecule has 0 amide bonds. The maximum absolute atomic E-state index is 12.4. The molecular formula is C25H38O5. The van der Waals surface area contributed by atoms with Crippen molar-refractivity contribution in [2.24, 2.45) is 11.8 Å². The number of ketones is 1. The molecule has 0 aromatic rings. The van der Waals surface area contributed by atoms with Crippen LogP contribution in [0.15, 0.2) is 36.5 Å². The van der Waals surface area contributed by atoms with Crippen molar-refractivity contribution in [1.82, 2.24) is 0 Å². The predicted molar refractivity (Wildman–Crippen MR) is 118 cm³/mol. The Labute approximate surface area is 181 Å². The molecule has 1 aliphatic heterocycles. The van der Waals surface area contributed by atoms with Gasteiger partial charge in [-0.2, -0.15) is 0 Å². The van der Waals surface area contributed by atoms with E-state index in [0.717, 1.165) is 51.6 Å². The van der Waals surface area contributed by atoms with Gasteiger partial charge in [0.15, 0.2) is 12.1 Å². The number of unbranched alkanes of at least 4 members (excludes halogenated alkanes) is 3. The van der Waals surface area contributed by atoms with Gasteiger partial charge in [-0.1, -0.05) is 56.6 Å².